The zero-order valence-corrected chi connectivity index (χ0v) is 10.3. The Bertz CT molecular complexity index is 315. The van der Waals surface area contributed by atoms with Crippen LogP contribution in [0.4, 0.5) is 0 Å². The fourth-order valence-electron chi connectivity index (χ4n) is 1.98. The van der Waals surface area contributed by atoms with Crippen LogP contribution in [0.3, 0.4) is 0 Å². The molecular weight excluding hydrogens is 208 g/mol. The zero-order valence-electron chi connectivity index (χ0n) is 9.53. The van der Waals surface area contributed by atoms with Gasteiger partial charge in [0.05, 0.1) is 0 Å². The van der Waals surface area contributed by atoms with Crippen LogP contribution in [-0.2, 0) is 6.54 Å². The van der Waals surface area contributed by atoms with Crippen LogP contribution in [0.2, 0.25) is 0 Å². The Hall–Kier alpha value is -0.520. The van der Waals surface area contributed by atoms with Gasteiger partial charge < -0.3 is 10.2 Å². The van der Waals surface area contributed by atoms with Gasteiger partial charge in [-0.2, -0.15) is 0 Å². The average molecular weight is 226 g/mol. The van der Waals surface area contributed by atoms with Crippen molar-refractivity contribution in [2.75, 3.05) is 13.6 Å². The van der Waals surface area contributed by atoms with E-state index in [1.54, 1.807) is 11.3 Å². The molecule has 1 saturated heterocycles. The predicted octanol–water partition coefficient (Wildman–Crippen LogP) is 1.03. The van der Waals surface area contributed by atoms with Crippen molar-refractivity contribution in [3.63, 3.8) is 0 Å². The SMILES string of the molecule is Cc1nnc(CNC2CC(C)N(C)C2)s1. The van der Waals surface area contributed by atoms with E-state index in [4.69, 9.17) is 0 Å². The second-order valence-electron chi connectivity index (χ2n) is 4.32. The first-order valence-corrected chi connectivity index (χ1v) is 6.19. The van der Waals surface area contributed by atoms with Gasteiger partial charge in [0.2, 0.25) is 0 Å². The maximum atomic E-state index is 4.11. The number of aromatic nitrogens is 2. The lowest BCUT2D eigenvalue weighted by Gasteiger charge is -2.12. The monoisotopic (exact) mass is 226 g/mol. The molecule has 0 spiro atoms. The number of rotatable bonds is 3. The van der Waals surface area contributed by atoms with Crippen LogP contribution in [0.15, 0.2) is 0 Å². The van der Waals surface area contributed by atoms with Crippen LogP contribution in [0.1, 0.15) is 23.4 Å². The van der Waals surface area contributed by atoms with Gasteiger partial charge in [0.15, 0.2) is 0 Å². The van der Waals surface area contributed by atoms with Crippen LogP contribution in [0.5, 0.6) is 0 Å². The third-order valence-electron chi connectivity index (χ3n) is 3.00. The Morgan fingerprint density at radius 3 is 2.87 bits per heavy atom. The van der Waals surface area contributed by atoms with Gasteiger partial charge in [0, 0.05) is 25.2 Å². The summed E-state index contributed by atoms with van der Waals surface area (Å²) in [6, 6.07) is 1.30. The minimum Gasteiger partial charge on any atom is -0.306 e. The van der Waals surface area contributed by atoms with Gasteiger partial charge in [-0.25, -0.2) is 0 Å². The van der Waals surface area contributed by atoms with Crippen molar-refractivity contribution in [2.24, 2.45) is 0 Å². The Labute approximate surface area is 94.7 Å². The second kappa shape index (κ2) is 4.55. The van der Waals surface area contributed by atoms with Gasteiger partial charge in [-0.15, -0.1) is 21.5 Å². The summed E-state index contributed by atoms with van der Waals surface area (Å²) in [7, 11) is 2.18. The molecule has 0 saturated carbocycles. The van der Waals surface area contributed by atoms with Gasteiger partial charge in [0.25, 0.3) is 0 Å². The van der Waals surface area contributed by atoms with Crippen LogP contribution in [-0.4, -0.2) is 40.8 Å². The first kappa shape index (κ1) is 11.0. The standard InChI is InChI=1S/C10H18N4S/c1-7-4-9(6-14(7)3)11-5-10-13-12-8(2)15-10/h7,9,11H,4-6H2,1-3H3. The van der Waals surface area contributed by atoms with E-state index in [-0.39, 0.29) is 0 Å². The summed E-state index contributed by atoms with van der Waals surface area (Å²) >= 11 is 1.67. The lowest BCUT2D eigenvalue weighted by molar-refractivity contribution is 0.326. The molecule has 1 aromatic heterocycles. The lowest BCUT2D eigenvalue weighted by atomic mass is 10.2. The summed E-state index contributed by atoms with van der Waals surface area (Å²) < 4.78 is 0. The maximum Gasteiger partial charge on any atom is 0.131 e. The molecule has 1 aromatic rings. The topological polar surface area (TPSA) is 41.1 Å². The molecule has 2 rings (SSSR count). The summed E-state index contributed by atoms with van der Waals surface area (Å²) in [5.74, 6) is 0. The molecule has 84 valence electrons. The van der Waals surface area contributed by atoms with Crippen LogP contribution in [0, 0.1) is 6.92 Å². The summed E-state index contributed by atoms with van der Waals surface area (Å²) in [5.41, 5.74) is 0. The van der Waals surface area contributed by atoms with E-state index in [9.17, 15) is 0 Å². The van der Waals surface area contributed by atoms with Crippen molar-refractivity contribution in [2.45, 2.75) is 38.9 Å². The Balaban J connectivity index is 1.79. The highest BCUT2D eigenvalue weighted by Crippen LogP contribution is 2.15. The summed E-state index contributed by atoms with van der Waals surface area (Å²) in [6.45, 7) is 6.26. The number of nitrogens with one attached hydrogen (secondary N) is 1. The van der Waals surface area contributed by atoms with Crippen LogP contribution < -0.4 is 5.32 Å². The van der Waals surface area contributed by atoms with Gasteiger partial charge in [-0.1, -0.05) is 0 Å². The van der Waals surface area contributed by atoms with E-state index >= 15 is 0 Å². The molecule has 1 aliphatic heterocycles. The van der Waals surface area contributed by atoms with Crippen molar-refractivity contribution in [1.29, 1.82) is 0 Å². The summed E-state index contributed by atoms with van der Waals surface area (Å²) in [5, 5.41) is 13.8. The number of hydrogen-bond acceptors (Lipinski definition) is 5. The quantitative estimate of drug-likeness (QED) is 0.836. The molecule has 0 amide bonds. The molecule has 0 aromatic carbocycles. The third-order valence-corrected chi connectivity index (χ3v) is 3.83. The molecule has 1 fully saturated rings. The molecule has 1 N–H and O–H groups in total. The molecule has 15 heavy (non-hydrogen) atoms. The van der Waals surface area contributed by atoms with E-state index in [0.29, 0.717) is 12.1 Å². The fraction of sp³-hybridized carbons (Fsp3) is 0.800. The van der Waals surface area contributed by atoms with Crippen molar-refractivity contribution >= 4 is 11.3 Å². The molecule has 0 aliphatic carbocycles. The van der Waals surface area contributed by atoms with Gasteiger partial charge in [-0.3, -0.25) is 0 Å². The molecule has 4 nitrogen and oxygen atoms in total. The van der Waals surface area contributed by atoms with E-state index in [0.717, 1.165) is 23.1 Å². The maximum absolute atomic E-state index is 4.11. The Morgan fingerprint density at radius 1 is 1.53 bits per heavy atom. The molecule has 5 heteroatoms. The van der Waals surface area contributed by atoms with E-state index in [2.05, 4.69) is 34.4 Å². The zero-order chi connectivity index (χ0) is 10.8. The third kappa shape index (κ3) is 2.74. The Kier molecular flexibility index (Phi) is 3.33. The number of likely N-dealkylation sites (N-methyl/N-ethyl adjacent to an activating group) is 1. The summed E-state index contributed by atoms with van der Waals surface area (Å²) in [4.78, 5) is 2.39. The van der Waals surface area contributed by atoms with Crippen LogP contribution >= 0.6 is 11.3 Å². The minimum absolute atomic E-state index is 0.606. The predicted molar refractivity (Wildman–Crippen MR) is 62.0 cm³/mol. The Morgan fingerprint density at radius 2 is 2.33 bits per heavy atom. The smallest absolute Gasteiger partial charge is 0.131 e. The first-order valence-electron chi connectivity index (χ1n) is 5.37. The van der Waals surface area contributed by atoms with Gasteiger partial charge >= 0.3 is 0 Å². The highest BCUT2D eigenvalue weighted by molar-refractivity contribution is 7.11. The molecule has 2 unspecified atom stereocenters. The number of nitrogens with zero attached hydrogens (tertiary/aromatic N) is 3. The fourth-order valence-corrected chi connectivity index (χ4v) is 2.64. The number of aryl methyl sites for hydroxylation is 1. The number of likely N-dealkylation sites (tertiary alicyclic amines) is 1. The number of hydrogen-bond donors (Lipinski definition) is 1. The largest absolute Gasteiger partial charge is 0.306 e. The lowest BCUT2D eigenvalue weighted by Crippen LogP contribution is -2.31. The first-order chi connectivity index (χ1) is 7.15. The molecule has 1 aliphatic rings. The molecule has 2 atom stereocenters. The van der Waals surface area contributed by atoms with E-state index < -0.39 is 0 Å². The molecular formula is C10H18N4S. The minimum atomic E-state index is 0.606. The van der Waals surface area contributed by atoms with Crippen molar-refractivity contribution < 1.29 is 0 Å². The molecule has 0 bridgehead atoms. The van der Waals surface area contributed by atoms with Crippen molar-refractivity contribution in [3.8, 4) is 0 Å². The van der Waals surface area contributed by atoms with Crippen LogP contribution in [0.25, 0.3) is 0 Å². The highest BCUT2D eigenvalue weighted by atomic mass is 32.1. The van der Waals surface area contributed by atoms with Gasteiger partial charge in [-0.05, 0) is 27.3 Å². The van der Waals surface area contributed by atoms with E-state index in [1.165, 1.54) is 6.42 Å². The van der Waals surface area contributed by atoms with E-state index in [1.807, 2.05) is 6.92 Å². The molecule has 0 radical (unpaired) electrons. The van der Waals surface area contributed by atoms with Crippen molar-refractivity contribution in [1.82, 2.24) is 20.4 Å². The van der Waals surface area contributed by atoms with Gasteiger partial charge in [0.1, 0.15) is 10.0 Å². The highest BCUT2D eigenvalue weighted by Gasteiger charge is 2.25. The normalized spacial score (nSPS) is 27.4. The second-order valence-corrected chi connectivity index (χ2v) is 5.58. The molecule has 2 heterocycles. The average Bonchev–Trinajstić information content (AvgIpc) is 2.72. The summed E-state index contributed by atoms with van der Waals surface area (Å²) in [6.07, 6.45) is 1.23. The van der Waals surface area contributed by atoms with Crippen molar-refractivity contribution in [3.05, 3.63) is 10.0 Å².